The maximum atomic E-state index is 2.41. The zero-order chi connectivity index (χ0) is 7.14. The number of hydrazine groups is 1. The summed E-state index contributed by atoms with van der Waals surface area (Å²) in [6.07, 6.45) is 1.35. The van der Waals surface area contributed by atoms with Crippen molar-refractivity contribution in [3.8, 4) is 0 Å². The maximum Gasteiger partial charge on any atom is 0.0646 e. The minimum Gasteiger partial charge on any atom is -0.291 e. The molecule has 0 N–H and O–H groups in total. The van der Waals surface area contributed by atoms with Crippen molar-refractivity contribution in [1.82, 2.24) is 14.9 Å². The van der Waals surface area contributed by atoms with Gasteiger partial charge in [-0.05, 0) is 13.5 Å². The second-order valence-electron chi connectivity index (χ2n) is 3.43. The van der Waals surface area contributed by atoms with Crippen LogP contribution in [0.3, 0.4) is 0 Å². The minimum absolute atomic E-state index is 0.791. The van der Waals surface area contributed by atoms with Gasteiger partial charge in [0.1, 0.15) is 0 Å². The van der Waals surface area contributed by atoms with Crippen molar-refractivity contribution < 1.29 is 0 Å². The third kappa shape index (κ3) is 0.856. The lowest BCUT2D eigenvalue weighted by Crippen LogP contribution is -2.52. The van der Waals surface area contributed by atoms with E-state index in [1.165, 1.54) is 19.5 Å². The van der Waals surface area contributed by atoms with Crippen molar-refractivity contribution in [1.29, 1.82) is 0 Å². The zero-order valence-corrected chi connectivity index (χ0v) is 6.75. The van der Waals surface area contributed by atoms with Crippen LogP contribution in [0, 0.1) is 0 Å². The fourth-order valence-corrected chi connectivity index (χ4v) is 1.95. The summed E-state index contributed by atoms with van der Waals surface area (Å²) in [6, 6.07) is 0.791. The van der Waals surface area contributed by atoms with Gasteiger partial charge in [0.2, 0.25) is 0 Å². The molecule has 0 spiro atoms. The molecule has 58 valence electrons. The summed E-state index contributed by atoms with van der Waals surface area (Å²) in [7, 11) is 4.39. The molecule has 2 heterocycles. The van der Waals surface area contributed by atoms with E-state index in [1.54, 1.807) is 0 Å². The van der Waals surface area contributed by atoms with Crippen molar-refractivity contribution in [2.24, 2.45) is 0 Å². The average molecular weight is 141 g/mol. The van der Waals surface area contributed by atoms with Crippen molar-refractivity contribution in [2.45, 2.75) is 12.5 Å². The highest BCUT2D eigenvalue weighted by atomic mass is 15.7. The summed E-state index contributed by atoms with van der Waals surface area (Å²) in [5.74, 6) is 0. The van der Waals surface area contributed by atoms with E-state index in [4.69, 9.17) is 0 Å². The molecule has 0 aromatic carbocycles. The zero-order valence-electron chi connectivity index (χ0n) is 6.75. The summed E-state index contributed by atoms with van der Waals surface area (Å²) in [5, 5.41) is 4.80. The minimum atomic E-state index is 0.791. The van der Waals surface area contributed by atoms with E-state index in [0.717, 1.165) is 12.7 Å². The summed E-state index contributed by atoms with van der Waals surface area (Å²) >= 11 is 0. The van der Waals surface area contributed by atoms with Gasteiger partial charge in [-0.2, -0.15) is 0 Å². The Bertz CT molecular complexity index is 123. The second kappa shape index (κ2) is 2.19. The molecule has 2 bridgehead atoms. The first-order valence-electron chi connectivity index (χ1n) is 3.93. The predicted molar refractivity (Wildman–Crippen MR) is 40.4 cm³/mol. The van der Waals surface area contributed by atoms with E-state index < -0.39 is 0 Å². The van der Waals surface area contributed by atoms with Gasteiger partial charge in [0.25, 0.3) is 0 Å². The van der Waals surface area contributed by atoms with Crippen LogP contribution in [-0.4, -0.2) is 54.8 Å². The van der Waals surface area contributed by atoms with Gasteiger partial charge in [-0.25, -0.2) is 10.0 Å². The highest BCUT2D eigenvalue weighted by Crippen LogP contribution is 2.21. The molecule has 3 heteroatoms. The van der Waals surface area contributed by atoms with E-state index in [2.05, 4.69) is 29.0 Å². The molecule has 0 saturated carbocycles. The molecular formula is C7H15N3. The van der Waals surface area contributed by atoms with E-state index in [1.807, 2.05) is 0 Å². The van der Waals surface area contributed by atoms with Gasteiger partial charge in [-0.3, -0.25) is 4.90 Å². The second-order valence-corrected chi connectivity index (χ2v) is 3.43. The molecule has 0 radical (unpaired) electrons. The molecule has 2 unspecified atom stereocenters. The van der Waals surface area contributed by atoms with E-state index in [0.29, 0.717) is 0 Å². The first-order chi connectivity index (χ1) is 4.77. The normalized spacial score (nSPS) is 42.6. The first kappa shape index (κ1) is 6.58. The molecule has 0 aromatic rings. The van der Waals surface area contributed by atoms with Gasteiger partial charge in [-0.15, -0.1) is 0 Å². The standard InChI is InChI=1S/C7H15N3/c1-8-5-7-3-4-10(6-8)9(7)2/h7H,3-6H2,1-2H3. The van der Waals surface area contributed by atoms with Gasteiger partial charge in [0, 0.05) is 26.2 Å². The lowest BCUT2D eigenvalue weighted by atomic mass is 10.2. The van der Waals surface area contributed by atoms with Crippen molar-refractivity contribution in [3.63, 3.8) is 0 Å². The Hall–Kier alpha value is -0.120. The summed E-state index contributed by atoms with van der Waals surface area (Å²) < 4.78 is 0. The quantitative estimate of drug-likeness (QED) is 0.463. The average Bonchev–Trinajstić information content (AvgIpc) is 2.20. The molecule has 0 aromatic heterocycles. The van der Waals surface area contributed by atoms with Crippen LogP contribution in [0.25, 0.3) is 0 Å². The Morgan fingerprint density at radius 2 is 2.10 bits per heavy atom. The van der Waals surface area contributed by atoms with Crippen LogP contribution < -0.4 is 0 Å². The molecular weight excluding hydrogens is 126 g/mol. The number of hydrogen-bond acceptors (Lipinski definition) is 3. The molecule has 2 saturated heterocycles. The smallest absolute Gasteiger partial charge is 0.0646 e. The number of rotatable bonds is 0. The van der Waals surface area contributed by atoms with Crippen molar-refractivity contribution in [3.05, 3.63) is 0 Å². The van der Waals surface area contributed by atoms with Crippen molar-refractivity contribution in [2.75, 3.05) is 33.9 Å². The molecule has 2 aliphatic rings. The van der Waals surface area contributed by atoms with Crippen LogP contribution in [0.5, 0.6) is 0 Å². The van der Waals surface area contributed by atoms with Gasteiger partial charge in [0.05, 0.1) is 6.67 Å². The van der Waals surface area contributed by atoms with E-state index in [-0.39, 0.29) is 0 Å². The molecule has 0 amide bonds. The summed E-state index contributed by atoms with van der Waals surface area (Å²) in [5.41, 5.74) is 0. The third-order valence-corrected chi connectivity index (χ3v) is 2.62. The summed E-state index contributed by atoms with van der Waals surface area (Å²) in [6.45, 7) is 3.62. The fourth-order valence-electron chi connectivity index (χ4n) is 1.95. The largest absolute Gasteiger partial charge is 0.291 e. The lowest BCUT2D eigenvalue weighted by Gasteiger charge is -2.38. The third-order valence-electron chi connectivity index (χ3n) is 2.62. The maximum absolute atomic E-state index is 2.41. The molecule has 2 atom stereocenters. The molecule has 0 aliphatic carbocycles. The number of likely N-dealkylation sites (N-methyl/N-ethyl adjacent to an activating group) is 2. The van der Waals surface area contributed by atoms with E-state index >= 15 is 0 Å². The highest BCUT2D eigenvalue weighted by Gasteiger charge is 2.33. The van der Waals surface area contributed by atoms with Crippen LogP contribution in [0.15, 0.2) is 0 Å². The number of hydrogen-bond donors (Lipinski definition) is 0. The van der Waals surface area contributed by atoms with Gasteiger partial charge < -0.3 is 0 Å². The SMILES string of the molecule is CN1CC2CCN(C1)N2C. The Labute approximate surface area is 62.2 Å². The van der Waals surface area contributed by atoms with Gasteiger partial charge >= 0.3 is 0 Å². The Kier molecular flexibility index (Phi) is 1.44. The topological polar surface area (TPSA) is 9.72 Å². The summed E-state index contributed by atoms with van der Waals surface area (Å²) in [4.78, 5) is 2.39. The number of fused-ring (bicyclic) bond motifs is 2. The monoisotopic (exact) mass is 141 g/mol. The lowest BCUT2D eigenvalue weighted by molar-refractivity contribution is -0.0627. The number of nitrogens with zero attached hydrogens (tertiary/aromatic N) is 3. The Balaban J connectivity index is 2.09. The Morgan fingerprint density at radius 1 is 1.30 bits per heavy atom. The Morgan fingerprint density at radius 3 is 2.80 bits per heavy atom. The van der Waals surface area contributed by atoms with Crippen LogP contribution in [-0.2, 0) is 0 Å². The molecule has 2 rings (SSSR count). The fraction of sp³-hybridized carbons (Fsp3) is 1.00. The van der Waals surface area contributed by atoms with Crippen LogP contribution >= 0.6 is 0 Å². The highest BCUT2D eigenvalue weighted by molar-refractivity contribution is 4.82. The van der Waals surface area contributed by atoms with Gasteiger partial charge in [0.15, 0.2) is 0 Å². The molecule has 2 aliphatic heterocycles. The van der Waals surface area contributed by atoms with Gasteiger partial charge in [-0.1, -0.05) is 0 Å². The molecule has 10 heavy (non-hydrogen) atoms. The first-order valence-corrected chi connectivity index (χ1v) is 3.93. The van der Waals surface area contributed by atoms with Crippen LogP contribution in [0.4, 0.5) is 0 Å². The predicted octanol–water partition coefficient (Wildman–Crippen LogP) is -0.190. The van der Waals surface area contributed by atoms with Crippen LogP contribution in [0.1, 0.15) is 6.42 Å². The molecule has 3 nitrogen and oxygen atoms in total. The van der Waals surface area contributed by atoms with Crippen molar-refractivity contribution >= 4 is 0 Å². The van der Waals surface area contributed by atoms with E-state index in [9.17, 15) is 0 Å². The molecule has 2 fully saturated rings. The van der Waals surface area contributed by atoms with Crippen LogP contribution in [0.2, 0.25) is 0 Å².